The lowest BCUT2D eigenvalue weighted by Gasteiger charge is -2.13. The molecule has 160 valence electrons. The van der Waals surface area contributed by atoms with Crippen LogP contribution in [0.2, 0.25) is 0 Å². The van der Waals surface area contributed by atoms with Crippen LogP contribution in [0.4, 0.5) is 0 Å². The molecule has 0 amide bonds. The van der Waals surface area contributed by atoms with Crippen molar-refractivity contribution < 1.29 is 14.4 Å². The zero-order valence-corrected chi connectivity index (χ0v) is 19.9. The molecule has 8 heteroatoms. The maximum atomic E-state index is 9.09. The zero-order chi connectivity index (χ0) is 20.4. The van der Waals surface area contributed by atoms with Gasteiger partial charge in [0.05, 0.1) is 16.3 Å². The van der Waals surface area contributed by atoms with E-state index in [1.165, 1.54) is 11.1 Å². The van der Waals surface area contributed by atoms with Crippen molar-refractivity contribution in [1.82, 2.24) is 15.5 Å². The van der Waals surface area contributed by atoms with E-state index in [0.29, 0.717) is 18.3 Å². The zero-order valence-electron chi connectivity index (χ0n) is 16.9. The van der Waals surface area contributed by atoms with E-state index >= 15 is 0 Å². The summed E-state index contributed by atoms with van der Waals surface area (Å²) in [5.41, 5.74) is 4.40. The fraction of sp³-hybridized carbons (Fsp3) is 0.364. The summed E-state index contributed by atoms with van der Waals surface area (Å²) < 4.78 is 12.4. The molecule has 0 spiro atoms. The van der Waals surface area contributed by atoms with Crippen molar-refractivity contribution in [2.75, 3.05) is 13.2 Å². The highest BCUT2D eigenvalue weighted by Crippen LogP contribution is 2.37. The number of ether oxygens (including phenoxy) is 1. The smallest absolute Gasteiger partial charge is 0.258 e. The number of hydrogen-bond donors (Lipinski definition) is 2. The Balaban J connectivity index is 0.00000256. The van der Waals surface area contributed by atoms with Crippen LogP contribution in [0.3, 0.4) is 0 Å². The highest BCUT2D eigenvalue weighted by molar-refractivity contribution is 14.1. The van der Waals surface area contributed by atoms with Gasteiger partial charge >= 0.3 is 0 Å². The van der Waals surface area contributed by atoms with Gasteiger partial charge in [-0.15, -0.1) is 12.4 Å². The first-order chi connectivity index (χ1) is 14.1. The first-order valence-corrected chi connectivity index (χ1v) is 10.9. The number of nitrogens with zero attached hydrogens (tertiary/aromatic N) is 2. The van der Waals surface area contributed by atoms with Gasteiger partial charge in [-0.3, -0.25) is 0 Å². The summed E-state index contributed by atoms with van der Waals surface area (Å²) >= 11 is 2.26. The second kappa shape index (κ2) is 10.1. The predicted molar refractivity (Wildman–Crippen MR) is 127 cm³/mol. The van der Waals surface area contributed by atoms with Gasteiger partial charge in [-0.1, -0.05) is 23.4 Å². The molecule has 0 fully saturated rings. The van der Waals surface area contributed by atoms with Gasteiger partial charge in [0, 0.05) is 23.7 Å². The van der Waals surface area contributed by atoms with Crippen molar-refractivity contribution in [3.05, 3.63) is 51.1 Å². The van der Waals surface area contributed by atoms with Crippen LogP contribution < -0.4 is 10.1 Å². The molecule has 1 aromatic heterocycles. The molecule has 2 aromatic carbocycles. The fourth-order valence-electron chi connectivity index (χ4n) is 3.75. The first kappa shape index (κ1) is 23.0. The maximum Gasteiger partial charge on any atom is 0.258 e. The monoisotopic (exact) mass is 541 g/mol. The molecule has 0 aliphatic heterocycles. The number of benzene rings is 2. The number of hydrogen-bond acceptors (Lipinski definition) is 6. The molecule has 0 bridgehead atoms. The van der Waals surface area contributed by atoms with Gasteiger partial charge < -0.3 is 19.7 Å². The van der Waals surface area contributed by atoms with Crippen molar-refractivity contribution >= 4 is 35.0 Å². The lowest BCUT2D eigenvalue weighted by molar-refractivity contribution is 0.240. The summed E-state index contributed by atoms with van der Waals surface area (Å²) in [6.45, 7) is 4.75. The second-order valence-electron chi connectivity index (χ2n) is 7.38. The average Bonchev–Trinajstić information content (AvgIpc) is 3.35. The van der Waals surface area contributed by atoms with Crippen molar-refractivity contribution in [3.63, 3.8) is 0 Å². The minimum absolute atomic E-state index is 0. The first-order valence-electron chi connectivity index (χ1n) is 9.83. The third-order valence-electron chi connectivity index (χ3n) is 4.98. The molecule has 4 rings (SSSR count). The summed E-state index contributed by atoms with van der Waals surface area (Å²) in [6, 6.07) is 12.4. The van der Waals surface area contributed by atoms with E-state index in [1.807, 2.05) is 44.2 Å². The molecular formula is C22H25ClIN3O3. The molecule has 0 unspecified atom stereocenters. The van der Waals surface area contributed by atoms with Gasteiger partial charge in [-0.25, -0.2) is 0 Å². The summed E-state index contributed by atoms with van der Waals surface area (Å²) in [6.07, 6.45) is 2.09. The molecular weight excluding hydrogens is 517 g/mol. The quantitative estimate of drug-likeness (QED) is 0.419. The predicted octanol–water partition coefficient (Wildman–Crippen LogP) is 4.79. The lowest BCUT2D eigenvalue weighted by Crippen LogP contribution is -2.22. The Morgan fingerprint density at radius 1 is 1.30 bits per heavy atom. The molecule has 3 aromatic rings. The van der Waals surface area contributed by atoms with E-state index in [2.05, 4.69) is 44.1 Å². The lowest BCUT2D eigenvalue weighted by atomic mass is 10.0. The number of aliphatic hydroxyl groups excluding tert-OH is 1. The van der Waals surface area contributed by atoms with Crippen LogP contribution in [0, 0.1) is 3.57 Å². The van der Waals surface area contributed by atoms with Crippen molar-refractivity contribution in [3.8, 4) is 28.6 Å². The van der Waals surface area contributed by atoms with E-state index in [-0.39, 0.29) is 31.2 Å². The molecule has 0 saturated heterocycles. The minimum Gasteiger partial charge on any atom is -0.490 e. The maximum absolute atomic E-state index is 9.09. The molecule has 1 aliphatic carbocycles. The Hall–Kier alpha value is -1.68. The van der Waals surface area contributed by atoms with Crippen LogP contribution in [0.1, 0.15) is 37.4 Å². The van der Waals surface area contributed by atoms with Crippen molar-refractivity contribution in [2.24, 2.45) is 0 Å². The second-order valence-corrected chi connectivity index (χ2v) is 8.54. The molecule has 2 N–H and O–H groups in total. The minimum atomic E-state index is 0. The Labute approximate surface area is 196 Å². The van der Waals surface area contributed by atoms with E-state index in [4.69, 9.17) is 14.4 Å². The number of fused-ring (bicyclic) bond motifs is 1. The van der Waals surface area contributed by atoms with Crippen LogP contribution in [-0.2, 0) is 6.42 Å². The Morgan fingerprint density at radius 2 is 2.13 bits per heavy atom. The van der Waals surface area contributed by atoms with Crippen LogP contribution in [-0.4, -0.2) is 34.5 Å². The summed E-state index contributed by atoms with van der Waals surface area (Å²) in [5.74, 6) is 1.96. The van der Waals surface area contributed by atoms with Gasteiger partial charge in [-0.2, -0.15) is 4.98 Å². The standard InChI is InChI=1S/C22H24IN3O3.ClH/c1-13(2)28-20-9-6-14(12-18(20)23)22-25-21(26-29-22)17-5-3-4-16-15(17)7-8-19(16)24-10-11-27;/h3-6,9,12-13,19,24,27H,7-8,10-11H2,1-2H3;1H/t19-;/m0./s1. The SMILES string of the molecule is CC(C)Oc1ccc(-c2nc(-c3cccc4c3CC[C@@H]4NCCO)no2)cc1I.Cl. The normalized spacial score (nSPS) is 15.2. The molecule has 1 heterocycles. The Morgan fingerprint density at radius 3 is 2.87 bits per heavy atom. The molecule has 30 heavy (non-hydrogen) atoms. The number of aromatic nitrogens is 2. The Kier molecular flexibility index (Phi) is 7.73. The average molecular weight is 542 g/mol. The molecule has 0 radical (unpaired) electrons. The van der Waals surface area contributed by atoms with Crippen LogP contribution in [0.15, 0.2) is 40.9 Å². The van der Waals surface area contributed by atoms with E-state index in [1.54, 1.807) is 0 Å². The number of halogens is 2. The summed E-state index contributed by atoms with van der Waals surface area (Å²) in [4.78, 5) is 4.66. The largest absolute Gasteiger partial charge is 0.490 e. The van der Waals surface area contributed by atoms with Crippen molar-refractivity contribution in [2.45, 2.75) is 38.8 Å². The molecule has 1 aliphatic rings. The highest BCUT2D eigenvalue weighted by Gasteiger charge is 2.26. The molecule has 6 nitrogen and oxygen atoms in total. The van der Waals surface area contributed by atoms with Crippen molar-refractivity contribution in [1.29, 1.82) is 0 Å². The molecule has 1 atom stereocenters. The van der Waals surface area contributed by atoms with Gasteiger partial charge in [0.2, 0.25) is 5.82 Å². The van der Waals surface area contributed by atoms with Crippen LogP contribution in [0.5, 0.6) is 5.75 Å². The van der Waals surface area contributed by atoms with Crippen LogP contribution in [0.25, 0.3) is 22.8 Å². The fourth-order valence-corrected chi connectivity index (χ4v) is 4.39. The number of aliphatic hydroxyl groups is 1. The van der Waals surface area contributed by atoms with E-state index in [9.17, 15) is 0 Å². The summed E-state index contributed by atoms with van der Waals surface area (Å²) in [7, 11) is 0. The van der Waals surface area contributed by atoms with Gasteiger partial charge in [0.15, 0.2) is 0 Å². The van der Waals surface area contributed by atoms with Gasteiger partial charge in [0.1, 0.15) is 5.75 Å². The number of rotatable bonds is 7. The van der Waals surface area contributed by atoms with Crippen LogP contribution >= 0.6 is 35.0 Å². The number of nitrogens with one attached hydrogen (secondary N) is 1. The van der Waals surface area contributed by atoms with E-state index < -0.39 is 0 Å². The third kappa shape index (κ3) is 4.80. The third-order valence-corrected chi connectivity index (χ3v) is 5.82. The van der Waals surface area contributed by atoms with E-state index in [0.717, 1.165) is 33.3 Å². The molecule has 0 saturated carbocycles. The topological polar surface area (TPSA) is 80.4 Å². The van der Waals surface area contributed by atoms with Gasteiger partial charge in [-0.05, 0) is 78.6 Å². The summed E-state index contributed by atoms with van der Waals surface area (Å²) in [5, 5.41) is 16.7. The Bertz CT molecular complexity index is 1010. The highest BCUT2D eigenvalue weighted by atomic mass is 127. The van der Waals surface area contributed by atoms with Gasteiger partial charge in [0.25, 0.3) is 5.89 Å².